The predicted octanol–water partition coefficient (Wildman–Crippen LogP) is 0.241. The van der Waals surface area contributed by atoms with Crippen LogP contribution >= 0.6 is 0 Å². The molecule has 5 heteroatoms. The monoisotopic (exact) mass is 156 g/mol. The molecule has 0 aliphatic rings. The van der Waals surface area contributed by atoms with Gasteiger partial charge in [-0.05, 0) is 6.92 Å². The second-order valence-corrected chi connectivity index (χ2v) is 2.25. The first kappa shape index (κ1) is 7.71. The Morgan fingerprint density at radius 1 is 1.82 bits per heavy atom. The van der Waals surface area contributed by atoms with Crippen LogP contribution in [0.5, 0.6) is 0 Å². The smallest absolute Gasteiger partial charge is 0.320 e. The van der Waals surface area contributed by atoms with E-state index in [0.717, 1.165) is 0 Å². The molecule has 0 unspecified atom stereocenters. The average molecular weight is 156 g/mol. The molecule has 0 saturated heterocycles. The molecule has 1 heterocycles. The first-order valence-electron chi connectivity index (χ1n) is 3.36. The van der Waals surface area contributed by atoms with E-state index in [1.54, 1.807) is 24.0 Å². The predicted molar refractivity (Wildman–Crippen MR) is 37.9 cm³/mol. The Labute approximate surface area is 64.0 Å². The Hall–Kier alpha value is -1.39. The molecule has 0 radical (unpaired) electrons. The maximum absolute atomic E-state index is 10.4. The van der Waals surface area contributed by atoms with Crippen molar-refractivity contribution in [3.63, 3.8) is 0 Å². The summed E-state index contributed by atoms with van der Waals surface area (Å²) in [6.45, 7) is 2.49. The van der Waals surface area contributed by atoms with Crippen LogP contribution in [0.4, 0.5) is 5.95 Å². The van der Waals surface area contributed by atoms with E-state index >= 15 is 0 Å². The molecule has 1 aromatic rings. The number of rotatable bonds is 2. The van der Waals surface area contributed by atoms with Gasteiger partial charge >= 0.3 is 5.95 Å². The molecule has 0 saturated carbocycles. The summed E-state index contributed by atoms with van der Waals surface area (Å²) in [4.78, 5) is 10.0. The van der Waals surface area contributed by atoms with E-state index in [4.69, 9.17) is 0 Å². The SMILES string of the molecule is CCn1cc[n+](C)c1[N+](=O)[O-]. The molecule has 0 amide bonds. The highest BCUT2D eigenvalue weighted by Gasteiger charge is 2.24. The number of hydrogen-bond donors (Lipinski definition) is 0. The van der Waals surface area contributed by atoms with Crippen molar-refractivity contribution in [2.24, 2.45) is 7.05 Å². The average Bonchev–Trinajstić information content (AvgIpc) is 2.30. The maximum atomic E-state index is 10.4. The molecule has 60 valence electrons. The van der Waals surface area contributed by atoms with Crippen molar-refractivity contribution in [2.45, 2.75) is 13.5 Å². The summed E-state index contributed by atoms with van der Waals surface area (Å²) in [5, 5.41) is 10.4. The van der Waals surface area contributed by atoms with Gasteiger partial charge < -0.3 is 10.1 Å². The van der Waals surface area contributed by atoms with E-state index in [2.05, 4.69) is 0 Å². The number of hydrogen-bond acceptors (Lipinski definition) is 2. The standard InChI is InChI=1S/C6H10N3O2/c1-3-8-5-4-7(2)6(8)9(10)11/h4-5H,3H2,1-2H3/q+1. The summed E-state index contributed by atoms with van der Waals surface area (Å²) in [6.07, 6.45) is 3.36. The summed E-state index contributed by atoms with van der Waals surface area (Å²) in [5.41, 5.74) is 0. The Morgan fingerprint density at radius 2 is 2.45 bits per heavy atom. The molecule has 1 aromatic heterocycles. The summed E-state index contributed by atoms with van der Waals surface area (Å²) in [7, 11) is 1.66. The van der Waals surface area contributed by atoms with Crippen LogP contribution in [-0.4, -0.2) is 9.49 Å². The summed E-state index contributed by atoms with van der Waals surface area (Å²) in [5.74, 6) is 0.118. The number of nitro groups is 1. The molecular weight excluding hydrogens is 146 g/mol. The lowest BCUT2D eigenvalue weighted by molar-refractivity contribution is -0.716. The minimum absolute atomic E-state index is 0.118. The van der Waals surface area contributed by atoms with Gasteiger partial charge in [-0.25, -0.2) is 0 Å². The van der Waals surface area contributed by atoms with Crippen molar-refractivity contribution in [3.05, 3.63) is 22.5 Å². The molecule has 5 nitrogen and oxygen atoms in total. The molecule has 0 spiro atoms. The highest BCUT2D eigenvalue weighted by Crippen LogP contribution is 2.03. The van der Waals surface area contributed by atoms with Crippen LogP contribution in [0.3, 0.4) is 0 Å². The van der Waals surface area contributed by atoms with Gasteiger partial charge in [0.1, 0.15) is 13.6 Å². The third-order valence-electron chi connectivity index (χ3n) is 1.55. The van der Waals surface area contributed by atoms with Gasteiger partial charge in [-0.2, -0.15) is 9.13 Å². The van der Waals surface area contributed by atoms with Gasteiger partial charge in [0.15, 0.2) is 12.4 Å². The maximum Gasteiger partial charge on any atom is 0.579 e. The zero-order valence-electron chi connectivity index (χ0n) is 6.52. The largest absolute Gasteiger partial charge is 0.579 e. The Bertz CT molecular complexity index is 279. The van der Waals surface area contributed by atoms with Gasteiger partial charge in [-0.3, -0.25) is 0 Å². The molecule has 0 N–H and O–H groups in total. The fourth-order valence-corrected chi connectivity index (χ4v) is 0.997. The molecule has 0 fully saturated rings. The summed E-state index contributed by atoms with van der Waals surface area (Å²) in [6, 6.07) is 0. The van der Waals surface area contributed by atoms with Gasteiger partial charge in [0, 0.05) is 0 Å². The summed E-state index contributed by atoms with van der Waals surface area (Å²) >= 11 is 0. The third kappa shape index (κ3) is 1.21. The quantitative estimate of drug-likeness (QED) is 0.350. The number of nitrogens with zero attached hydrogens (tertiary/aromatic N) is 3. The molecule has 0 atom stereocenters. The van der Waals surface area contributed by atoms with Crippen molar-refractivity contribution in [2.75, 3.05) is 0 Å². The van der Waals surface area contributed by atoms with E-state index in [9.17, 15) is 10.1 Å². The fraction of sp³-hybridized carbons (Fsp3) is 0.500. The van der Waals surface area contributed by atoms with Crippen LogP contribution in [0.15, 0.2) is 12.4 Å². The summed E-state index contributed by atoms with van der Waals surface area (Å²) < 4.78 is 3.07. The van der Waals surface area contributed by atoms with E-state index in [0.29, 0.717) is 6.54 Å². The zero-order valence-corrected chi connectivity index (χ0v) is 6.52. The van der Waals surface area contributed by atoms with Crippen molar-refractivity contribution in [1.82, 2.24) is 4.57 Å². The van der Waals surface area contributed by atoms with Gasteiger partial charge in [-0.1, -0.05) is 0 Å². The Morgan fingerprint density at radius 3 is 2.82 bits per heavy atom. The number of aryl methyl sites for hydroxylation is 2. The lowest BCUT2D eigenvalue weighted by Gasteiger charge is -1.89. The molecule has 0 aromatic carbocycles. The van der Waals surface area contributed by atoms with Crippen LogP contribution in [0.25, 0.3) is 0 Å². The first-order valence-corrected chi connectivity index (χ1v) is 3.36. The van der Waals surface area contributed by atoms with Crippen molar-refractivity contribution < 1.29 is 9.49 Å². The normalized spacial score (nSPS) is 10.0. The molecule has 0 aliphatic carbocycles. The van der Waals surface area contributed by atoms with Crippen molar-refractivity contribution in [3.8, 4) is 0 Å². The van der Waals surface area contributed by atoms with E-state index < -0.39 is 0 Å². The van der Waals surface area contributed by atoms with Gasteiger partial charge in [0.2, 0.25) is 0 Å². The Balaban J connectivity index is 3.17. The molecule has 1 rings (SSSR count). The van der Waals surface area contributed by atoms with E-state index in [1.165, 1.54) is 4.57 Å². The molecule has 0 bridgehead atoms. The second-order valence-electron chi connectivity index (χ2n) is 2.25. The molecule has 11 heavy (non-hydrogen) atoms. The van der Waals surface area contributed by atoms with Crippen LogP contribution < -0.4 is 4.57 Å². The lowest BCUT2D eigenvalue weighted by atomic mass is 10.7. The highest BCUT2D eigenvalue weighted by atomic mass is 16.6. The molecular formula is C6H10N3O2+. The van der Waals surface area contributed by atoms with Crippen molar-refractivity contribution in [1.29, 1.82) is 0 Å². The molecule has 0 aliphatic heterocycles. The zero-order chi connectivity index (χ0) is 8.43. The second kappa shape index (κ2) is 2.69. The van der Waals surface area contributed by atoms with Crippen LogP contribution in [0, 0.1) is 10.1 Å². The third-order valence-corrected chi connectivity index (χ3v) is 1.55. The minimum atomic E-state index is -0.385. The highest BCUT2D eigenvalue weighted by molar-refractivity contribution is 4.96. The Kier molecular flexibility index (Phi) is 1.89. The van der Waals surface area contributed by atoms with E-state index in [1.807, 2.05) is 6.92 Å². The topological polar surface area (TPSA) is 52.0 Å². The lowest BCUT2D eigenvalue weighted by Crippen LogP contribution is -2.29. The van der Waals surface area contributed by atoms with Gasteiger partial charge in [-0.15, -0.1) is 0 Å². The van der Waals surface area contributed by atoms with Gasteiger partial charge in [0.25, 0.3) is 0 Å². The van der Waals surface area contributed by atoms with Crippen LogP contribution in [0.2, 0.25) is 0 Å². The fourth-order valence-electron chi connectivity index (χ4n) is 0.997. The number of imidazole rings is 1. The van der Waals surface area contributed by atoms with Crippen LogP contribution in [0.1, 0.15) is 6.92 Å². The van der Waals surface area contributed by atoms with Crippen LogP contribution in [-0.2, 0) is 13.6 Å². The van der Waals surface area contributed by atoms with Crippen molar-refractivity contribution >= 4 is 5.95 Å². The first-order chi connectivity index (χ1) is 5.16. The van der Waals surface area contributed by atoms with Gasteiger partial charge in [0.05, 0.1) is 4.92 Å². The number of aromatic nitrogens is 2. The minimum Gasteiger partial charge on any atom is -0.320 e. The van der Waals surface area contributed by atoms with E-state index in [-0.39, 0.29) is 10.9 Å².